The van der Waals surface area contributed by atoms with Gasteiger partial charge in [-0.05, 0) is 19.3 Å². The number of likely N-dealkylation sites (tertiary alicyclic amines) is 2. The molecule has 2 saturated heterocycles. The SMILES string of the molecule is N/C(=c1/cccc/c1=C(/N)N1CC(N)CC(N)C1)N1CC(N)CCC(N)C1. The molecule has 0 saturated carbocycles. The quantitative estimate of drug-likeness (QED) is 0.316. The first kappa shape index (κ1) is 19.8. The molecule has 2 aliphatic heterocycles. The molecule has 27 heavy (non-hydrogen) atoms. The van der Waals surface area contributed by atoms with Crippen molar-refractivity contribution >= 4 is 11.6 Å². The van der Waals surface area contributed by atoms with Crippen LogP contribution in [0.25, 0.3) is 11.6 Å². The van der Waals surface area contributed by atoms with Crippen molar-refractivity contribution in [3.05, 3.63) is 34.7 Å². The van der Waals surface area contributed by atoms with Crippen LogP contribution in [0.4, 0.5) is 0 Å². The van der Waals surface area contributed by atoms with E-state index in [0.717, 1.165) is 29.7 Å². The number of piperidine rings is 1. The van der Waals surface area contributed by atoms with Crippen molar-refractivity contribution in [2.45, 2.75) is 43.4 Å². The molecule has 0 bridgehead atoms. The Labute approximate surface area is 160 Å². The summed E-state index contributed by atoms with van der Waals surface area (Å²) in [5.41, 5.74) is 37.8. The van der Waals surface area contributed by atoms with E-state index in [1.165, 1.54) is 0 Å². The van der Waals surface area contributed by atoms with E-state index in [1.807, 2.05) is 24.3 Å². The number of hydrogen-bond acceptors (Lipinski definition) is 8. The van der Waals surface area contributed by atoms with Gasteiger partial charge in [0.1, 0.15) is 11.6 Å². The van der Waals surface area contributed by atoms with Crippen LogP contribution < -0.4 is 44.8 Å². The summed E-state index contributed by atoms with van der Waals surface area (Å²) in [6, 6.07) is 8.05. The molecule has 8 heteroatoms. The standard InChI is InChI=1S/C19H34N8/c20-12-5-6-13(21)9-26(8-12)18(24)16-3-1-2-4-17(16)19(25)27-10-14(22)7-15(23)11-27/h1-4,12-15H,5-11,20-25H2/b18-16+,19-17+. The normalized spacial score (nSPS) is 32.0. The van der Waals surface area contributed by atoms with Gasteiger partial charge in [-0.15, -0.1) is 0 Å². The summed E-state index contributed by atoms with van der Waals surface area (Å²) >= 11 is 0. The molecule has 4 atom stereocenters. The second-order valence-electron chi connectivity index (χ2n) is 7.98. The lowest BCUT2D eigenvalue weighted by Gasteiger charge is -2.36. The number of nitrogens with two attached hydrogens (primary N) is 6. The number of rotatable bonds is 2. The van der Waals surface area contributed by atoms with E-state index in [4.69, 9.17) is 34.4 Å². The van der Waals surface area contributed by atoms with Crippen LogP contribution in [0.3, 0.4) is 0 Å². The zero-order valence-electron chi connectivity index (χ0n) is 15.9. The third kappa shape index (κ3) is 4.65. The molecule has 2 aliphatic rings. The van der Waals surface area contributed by atoms with Crippen LogP contribution in [0, 0.1) is 0 Å². The van der Waals surface area contributed by atoms with Crippen LogP contribution >= 0.6 is 0 Å². The van der Waals surface area contributed by atoms with E-state index in [9.17, 15) is 0 Å². The van der Waals surface area contributed by atoms with Crippen molar-refractivity contribution in [2.24, 2.45) is 34.4 Å². The highest BCUT2D eigenvalue weighted by Crippen LogP contribution is 2.12. The smallest absolute Gasteiger partial charge is 0.107 e. The molecule has 0 amide bonds. The molecule has 4 unspecified atom stereocenters. The highest BCUT2D eigenvalue weighted by Gasteiger charge is 2.24. The van der Waals surface area contributed by atoms with Crippen LogP contribution in [-0.2, 0) is 0 Å². The van der Waals surface area contributed by atoms with E-state index >= 15 is 0 Å². The van der Waals surface area contributed by atoms with E-state index in [1.54, 1.807) is 0 Å². The van der Waals surface area contributed by atoms with Gasteiger partial charge in [-0.3, -0.25) is 0 Å². The van der Waals surface area contributed by atoms with Gasteiger partial charge < -0.3 is 44.2 Å². The Morgan fingerprint density at radius 2 is 1.04 bits per heavy atom. The molecule has 12 N–H and O–H groups in total. The van der Waals surface area contributed by atoms with Crippen LogP contribution in [0.1, 0.15) is 19.3 Å². The minimum Gasteiger partial charge on any atom is -0.385 e. The van der Waals surface area contributed by atoms with Crippen LogP contribution in [0.5, 0.6) is 0 Å². The van der Waals surface area contributed by atoms with E-state index in [2.05, 4.69) is 9.80 Å². The molecular formula is C19H34N8. The third-order valence-corrected chi connectivity index (χ3v) is 5.49. The Morgan fingerprint density at radius 1 is 0.667 bits per heavy atom. The Kier molecular flexibility index (Phi) is 6.11. The van der Waals surface area contributed by atoms with Gasteiger partial charge >= 0.3 is 0 Å². The van der Waals surface area contributed by atoms with Gasteiger partial charge in [0, 0.05) is 60.8 Å². The number of hydrogen-bond donors (Lipinski definition) is 6. The molecule has 3 rings (SSSR count). The topological polar surface area (TPSA) is 163 Å². The largest absolute Gasteiger partial charge is 0.385 e. The predicted molar refractivity (Wildman–Crippen MR) is 110 cm³/mol. The lowest BCUT2D eigenvalue weighted by Crippen LogP contribution is -2.54. The molecule has 2 heterocycles. The zero-order valence-corrected chi connectivity index (χ0v) is 15.9. The molecule has 0 aliphatic carbocycles. The van der Waals surface area contributed by atoms with Gasteiger partial charge in [-0.1, -0.05) is 24.3 Å². The van der Waals surface area contributed by atoms with Crippen molar-refractivity contribution in [2.75, 3.05) is 26.2 Å². The van der Waals surface area contributed by atoms with Gasteiger partial charge in [0.25, 0.3) is 0 Å². The first-order valence-electron chi connectivity index (χ1n) is 9.72. The van der Waals surface area contributed by atoms with E-state index < -0.39 is 0 Å². The minimum atomic E-state index is 0.0161. The van der Waals surface area contributed by atoms with Gasteiger partial charge in [0.15, 0.2) is 0 Å². The van der Waals surface area contributed by atoms with Crippen LogP contribution in [0.2, 0.25) is 0 Å². The summed E-state index contributed by atoms with van der Waals surface area (Å²) in [4.78, 5) is 4.15. The Morgan fingerprint density at radius 3 is 1.44 bits per heavy atom. The first-order chi connectivity index (χ1) is 12.8. The van der Waals surface area contributed by atoms with Gasteiger partial charge in [0.05, 0.1) is 0 Å². The van der Waals surface area contributed by atoms with Gasteiger partial charge in [-0.2, -0.15) is 0 Å². The molecule has 0 radical (unpaired) electrons. The Hall–Kier alpha value is -2.00. The van der Waals surface area contributed by atoms with Gasteiger partial charge in [0.2, 0.25) is 0 Å². The summed E-state index contributed by atoms with van der Waals surface area (Å²) in [5, 5.41) is 1.78. The van der Waals surface area contributed by atoms with Crippen molar-refractivity contribution in [1.82, 2.24) is 9.80 Å². The Balaban J connectivity index is 2.05. The molecule has 1 aromatic carbocycles. The minimum absolute atomic E-state index is 0.0161. The monoisotopic (exact) mass is 374 g/mol. The average Bonchev–Trinajstić information content (AvgIpc) is 2.80. The van der Waals surface area contributed by atoms with Gasteiger partial charge in [-0.25, -0.2) is 0 Å². The van der Waals surface area contributed by atoms with E-state index in [-0.39, 0.29) is 24.2 Å². The maximum absolute atomic E-state index is 6.58. The lowest BCUT2D eigenvalue weighted by atomic mass is 10.0. The van der Waals surface area contributed by atoms with E-state index in [0.29, 0.717) is 37.8 Å². The van der Waals surface area contributed by atoms with Crippen molar-refractivity contribution in [3.63, 3.8) is 0 Å². The maximum atomic E-state index is 6.58. The lowest BCUT2D eigenvalue weighted by molar-refractivity contribution is 0.262. The van der Waals surface area contributed by atoms with Crippen molar-refractivity contribution < 1.29 is 0 Å². The molecule has 2 fully saturated rings. The highest BCUT2D eigenvalue weighted by atomic mass is 15.2. The molecule has 8 nitrogen and oxygen atoms in total. The van der Waals surface area contributed by atoms with Crippen molar-refractivity contribution in [3.8, 4) is 0 Å². The van der Waals surface area contributed by atoms with Crippen LogP contribution in [0.15, 0.2) is 24.3 Å². The molecular weight excluding hydrogens is 340 g/mol. The second kappa shape index (κ2) is 8.35. The number of benzene rings is 1. The summed E-state index contributed by atoms with van der Waals surface area (Å²) in [6.07, 6.45) is 2.62. The molecule has 0 aromatic heterocycles. The van der Waals surface area contributed by atoms with Crippen LogP contribution in [-0.4, -0.2) is 60.1 Å². The predicted octanol–water partition coefficient (Wildman–Crippen LogP) is -3.15. The third-order valence-electron chi connectivity index (χ3n) is 5.49. The fourth-order valence-electron chi connectivity index (χ4n) is 4.09. The fraction of sp³-hybridized carbons (Fsp3) is 0.579. The van der Waals surface area contributed by atoms with Crippen molar-refractivity contribution in [1.29, 1.82) is 0 Å². The first-order valence-corrected chi connectivity index (χ1v) is 9.72. The molecule has 150 valence electrons. The summed E-state index contributed by atoms with van der Waals surface area (Å²) in [6.45, 7) is 2.75. The summed E-state index contributed by atoms with van der Waals surface area (Å²) < 4.78 is 0. The summed E-state index contributed by atoms with van der Waals surface area (Å²) in [5.74, 6) is 1.31. The zero-order chi connectivity index (χ0) is 19.6. The number of nitrogens with zero attached hydrogens (tertiary/aromatic N) is 2. The fourth-order valence-corrected chi connectivity index (χ4v) is 4.09. The maximum Gasteiger partial charge on any atom is 0.107 e. The highest BCUT2D eigenvalue weighted by molar-refractivity contribution is 5.46. The Bertz CT molecular complexity index is 741. The second-order valence-corrected chi connectivity index (χ2v) is 7.98. The molecule has 0 spiro atoms. The summed E-state index contributed by atoms with van der Waals surface area (Å²) in [7, 11) is 0. The molecule has 1 aromatic rings. The average molecular weight is 375 g/mol.